The molecule has 182 valence electrons. The lowest BCUT2D eigenvalue weighted by atomic mass is 10.0. The predicted octanol–water partition coefficient (Wildman–Crippen LogP) is 5.50. The number of aliphatic imine (C=N–C) groups is 1. The van der Waals surface area contributed by atoms with Gasteiger partial charge in [-0.05, 0) is 70.6 Å². The second kappa shape index (κ2) is 10.5. The van der Waals surface area contributed by atoms with Gasteiger partial charge in [-0.3, -0.25) is 9.59 Å². The van der Waals surface area contributed by atoms with Crippen LogP contribution in [0, 0.1) is 12.8 Å². The van der Waals surface area contributed by atoms with Crippen molar-refractivity contribution in [3.63, 3.8) is 0 Å². The average molecular weight is 464 g/mol. The first-order chi connectivity index (χ1) is 16.4. The number of benzene rings is 1. The number of carbonyl (C=O) groups excluding carboxylic acids is 2. The van der Waals surface area contributed by atoms with E-state index in [0.29, 0.717) is 11.5 Å². The van der Waals surface area contributed by atoms with Crippen molar-refractivity contribution < 1.29 is 9.59 Å². The van der Waals surface area contributed by atoms with E-state index in [9.17, 15) is 9.59 Å². The van der Waals surface area contributed by atoms with Gasteiger partial charge in [0.05, 0.1) is 5.69 Å². The third kappa shape index (κ3) is 5.57. The molecule has 4 rings (SSSR count). The van der Waals surface area contributed by atoms with Crippen LogP contribution in [-0.2, 0) is 16.1 Å². The number of hydrogen-bond donors (Lipinski definition) is 1. The second-order valence-corrected chi connectivity index (χ2v) is 9.80. The highest BCUT2D eigenvalue weighted by molar-refractivity contribution is 6.38. The fraction of sp³-hybridized carbons (Fsp3) is 0.556. The van der Waals surface area contributed by atoms with Crippen molar-refractivity contribution in [2.75, 3.05) is 11.9 Å². The van der Waals surface area contributed by atoms with E-state index in [4.69, 9.17) is 10.1 Å². The predicted molar refractivity (Wildman–Crippen MR) is 136 cm³/mol. The van der Waals surface area contributed by atoms with Crippen LogP contribution in [-0.4, -0.2) is 44.8 Å². The number of likely N-dealkylation sites (tertiary alicyclic amines) is 1. The van der Waals surface area contributed by atoms with E-state index in [1.54, 1.807) is 0 Å². The maximum atomic E-state index is 13.2. The molecule has 1 unspecified atom stereocenters. The molecule has 0 bridgehead atoms. The van der Waals surface area contributed by atoms with Crippen molar-refractivity contribution in [2.45, 2.75) is 85.2 Å². The normalized spacial score (nSPS) is 19.1. The summed E-state index contributed by atoms with van der Waals surface area (Å²) in [5, 5.41) is 7.82. The molecule has 1 aromatic carbocycles. The van der Waals surface area contributed by atoms with Crippen molar-refractivity contribution in [3.8, 4) is 11.3 Å². The molecule has 2 aromatic rings. The summed E-state index contributed by atoms with van der Waals surface area (Å²) in [5.74, 6) is 1.01. The minimum atomic E-state index is 0.0205. The van der Waals surface area contributed by atoms with Crippen LogP contribution in [0.25, 0.3) is 11.3 Å². The summed E-state index contributed by atoms with van der Waals surface area (Å²) in [7, 11) is 0. The highest BCUT2D eigenvalue weighted by Crippen LogP contribution is 2.32. The minimum Gasteiger partial charge on any atom is -0.335 e. The van der Waals surface area contributed by atoms with Gasteiger partial charge in [-0.1, -0.05) is 25.8 Å². The zero-order valence-corrected chi connectivity index (χ0v) is 20.9. The molecule has 7 nitrogen and oxygen atoms in total. The van der Waals surface area contributed by atoms with Crippen molar-refractivity contribution in [2.24, 2.45) is 10.9 Å². The summed E-state index contributed by atoms with van der Waals surface area (Å²) >= 11 is 0. The highest BCUT2D eigenvalue weighted by atomic mass is 16.2. The standard InChI is InChI=1S/C27H37N5O2/c1-5-14-32-25(28-20(4)27(34)31-15-8-6-7-9-19(31)3)17-24(30-32)23-13-12-22(16-18(23)2)29-26(33)21-10-11-21/h12-13,16-17,19,21H,5-11,14-15H2,1-4H3,(H,29,33). The molecule has 1 N–H and O–H groups in total. The summed E-state index contributed by atoms with van der Waals surface area (Å²) in [6, 6.07) is 8.13. The van der Waals surface area contributed by atoms with Gasteiger partial charge in [0.15, 0.2) is 5.82 Å². The molecule has 1 aromatic heterocycles. The van der Waals surface area contributed by atoms with E-state index in [-0.39, 0.29) is 23.8 Å². The summed E-state index contributed by atoms with van der Waals surface area (Å²) in [4.78, 5) is 32.0. The van der Waals surface area contributed by atoms with Crippen LogP contribution in [0.1, 0.15) is 71.3 Å². The van der Waals surface area contributed by atoms with Gasteiger partial charge in [0.1, 0.15) is 5.71 Å². The Balaban J connectivity index is 1.57. The van der Waals surface area contributed by atoms with Crippen molar-refractivity contribution in [3.05, 3.63) is 29.8 Å². The van der Waals surface area contributed by atoms with Gasteiger partial charge in [0.25, 0.3) is 5.91 Å². The molecule has 0 radical (unpaired) electrons. The molecule has 7 heteroatoms. The smallest absolute Gasteiger partial charge is 0.268 e. The Kier molecular flexibility index (Phi) is 7.49. The van der Waals surface area contributed by atoms with Gasteiger partial charge in [-0.2, -0.15) is 5.10 Å². The van der Waals surface area contributed by atoms with E-state index in [0.717, 1.165) is 67.7 Å². The summed E-state index contributed by atoms with van der Waals surface area (Å²) in [6.07, 6.45) is 7.35. The summed E-state index contributed by atoms with van der Waals surface area (Å²) in [6.45, 7) is 9.61. The lowest BCUT2D eigenvalue weighted by Gasteiger charge is -2.27. The maximum absolute atomic E-state index is 13.2. The second-order valence-electron chi connectivity index (χ2n) is 9.80. The molecule has 1 aliphatic heterocycles. The van der Waals surface area contributed by atoms with Gasteiger partial charge in [-0.15, -0.1) is 0 Å². The van der Waals surface area contributed by atoms with Gasteiger partial charge in [-0.25, -0.2) is 9.67 Å². The molecule has 1 atom stereocenters. The molecule has 2 heterocycles. The number of anilines is 1. The highest BCUT2D eigenvalue weighted by Gasteiger charge is 2.29. The topological polar surface area (TPSA) is 79.6 Å². The Bertz CT molecular complexity index is 1080. The minimum absolute atomic E-state index is 0.0205. The van der Waals surface area contributed by atoms with Gasteiger partial charge >= 0.3 is 0 Å². The first kappa shape index (κ1) is 24.2. The molecular formula is C27H37N5O2. The zero-order chi connectivity index (χ0) is 24.2. The van der Waals surface area contributed by atoms with Crippen molar-refractivity contribution >= 4 is 29.0 Å². The van der Waals surface area contributed by atoms with Crippen LogP contribution >= 0.6 is 0 Å². The van der Waals surface area contributed by atoms with Crippen LogP contribution in [0.15, 0.2) is 29.3 Å². The Morgan fingerprint density at radius 3 is 2.65 bits per heavy atom. The Morgan fingerprint density at radius 1 is 1.15 bits per heavy atom. The van der Waals surface area contributed by atoms with Gasteiger partial charge in [0.2, 0.25) is 5.91 Å². The van der Waals surface area contributed by atoms with Crippen LogP contribution in [0.4, 0.5) is 11.5 Å². The van der Waals surface area contributed by atoms with Crippen molar-refractivity contribution in [1.82, 2.24) is 14.7 Å². The molecule has 2 aliphatic rings. The summed E-state index contributed by atoms with van der Waals surface area (Å²) < 4.78 is 1.89. The maximum Gasteiger partial charge on any atom is 0.268 e. The Morgan fingerprint density at radius 2 is 1.94 bits per heavy atom. The molecule has 1 saturated carbocycles. The largest absolute Gasteiger partial charge is 0.335 e. The molecular weight excluding hydrogens is 426 g/mol. The number of amides is 2. The first-order valence-electron chi connectivity index (χ1n) is 12.7. The van der Waals surface area contributed by atoms with E-state index >= 15 is 0 Å². The third-order valence-corrected chi connectivity index (χ3v) is 6.82. The van der Waals surface area contributed by atoms with Crippen molar-refractivity contribution in [1.29, 1.82) is 0 Å². The van der Waals surface area contributed by atoms with Gasteiger partial charge < -0.3 is 10.2 Å². The number of carbonyl (C=O) groups is 2. The third-order valence-electron chi connectivity index (χ3n) is 6.82. The Hall–Kier alpha value is -2.96. The molecule has 2 fully saturated rings. The number of hydrogen-bond acceptors (Lipinski definition) is 4. The fourth-order valence-electron chi connectivity index (χ4n) is 4.63. The summed E-state index contributed by atoms with van der Waals surface area (Å²) in [5.41, 5.74) is 4.19. The van der Waals surface area contributed by atoms with E-state index in [1.165, 1.54) is 12.8 Å². The fourth-order valence-corrected chi connectivity index (χ4v) is 4.63. The number of nitrogens with zero attached hydrogens (tertiary/aromatic N) is 4. The van der Waals surface area contributed by atoms with Crippen LogP contribution in [0.5, 0.6) is 0 Å². The molecule has 1 saturated heterocycles. The lowest BCUT2D eigenvalue weighted by Crippen LogP contribution is -2.41. The molecule has 2 amide bonds. The quantitative estimate of drug-likeness (QED) is 0.551. The SMILES string of the molecule is CCCn1nc(-c2ccc(NC(=O)C3CC3)cc2C)cc1N=C(C)C(=O)N1CCCCCC1C. The molecule has 0 spiro atoms. The van der Waals surface area contributed by atoms with Crippen LogP contribution < -0.4 is 5.32 Å². The number of nitrogens with one attached hydrogen (secondary N) is 1. The Labute approximate surface area is 202 Å². The van der Waals surface area contributed by atoms with E-state index in [1.807, 2.05) is 47.7 Å². The van der Waals surface area contributed by atoms with Crippen LogP contribution in [0.2, 0.25) is 0 Å². The van der Waals surface area contributed by atoms with E-state index < -0.39 is 0 Å². The average Bonchev–Trinajstić information content (AvgIpc) is 3.61. The zero-order valence-electron chi connectivity index (χ0n) is 20.9. The molecule has 1 aliphatic carbocycles. The van der Waals surface area contributed by atoms with Crippen LogP contribution in [0.3, 0.4) is 0 Å². The first-order valence-corrected chi connectivity index (χ1v) is 12.7. The lowest BCUT2D eigenvalue weighted by molar-refractivity contribution is -0.126. The number of aromatic nitrogens is 2. The van der Waals surface area contributed by atoms with E-state index in [2.05, 4.69) is 19.2 Å². The monoisotopic (exact) mass is 463 g/mol. The van der Waals surface area contributed by atoms with Gasteiger partial charge in [0, 0.05) is 42.4 Å². The number of rotatable bonds is 7. The number of aryl methyl sites for hydroxylation is 2. The molecule has 34 heavy (non-hydrogen) atoms.